The van der Waals surface area contributed by atoms with Crippen molar-refractivity contribution in [3.63, 3.8) is 0 Å². The van der Waals surface area contributed by atoms with E-state index in [-0.39, 0.29) is 11.9 Å². The number of nitrogens with one attached hydrogen (secondary N) is 2. The quantitative estimate of drug-likeness (QED) is 0.911. The molecule has 1 aromatic carbocycles. The van der Waals surface area contributed by atoms with Crippen LogP contribution >= 0.6 is 0 Å². The van der Waals surface area contributed by atoms with E-state index in [2.05, 4.69) is 15.2 Å². The van der Waals surface area contributed by atoms with Crippen molar-refractivity contribution in [2.75, 3.05) is 26.2 Å². The predicted octanol–water partition coefficient (Wildman–Crippen LogP) is 2.39. The first-order valence-electron chi connectivity index (χ1n) is 8.51. The van der Waals surface area contributed by atoms with Gasteiger partial charge in [-0.3, -0.25) is 4.79 Å². The number of piperidine rings is 3. The maximum absolute atomic E-state index is 12.6. The Labute approximate surface area is 136 Å². The number of carbonyl (C=O) groups excluding carboxylic acids is 1. The van der Waals surface area contributed by atoms with Gasteiger partial charge in [0.15, 0.2) is 0 Å². The molecule has 2 bridgehead atoms. The van der Waals surface area contributed by atoms with Crippen LogP contribution in [0.1, 0.15) is 30.3 Å². The number of aromatic nitrogens is 1. The van der Waals surface area contributed by atoms with Crippen LogP contribution in [0.25, 0.3) is 10.9 Å². The van der Waals surface area contributed by atoms with Crippen LogP contribution in [0.3, 0.4) is 0 Å². The number of ether oxygens (including phenoxy) is 1. The van der Waals surface area contributed by atoms with Gasteiger partial charge in [-0.2, -0.15) is 0 Å². The molecule has 3 aliphatic heterocycles. The molecule has 2 aromatic rings. The Morgan fingerprint density at radius 1 is 1.35 bits per heavy atom. The molecule has 0 radical (unpaired) electrons. The fraction of sp³-hybridized carbons (Fsp3) is 0.500. The zero-order valence-corrected chi connectivity index (χ0v) is 13.5. The minimum atomic E-state index is -0.00194. The fourth-order valence-electron chi connectivity index (χ4n) is 3.86. The zero-order chi connectivity index (χ0) is 15.8. The summed E-state index contributed by atoms with van der Waals surface area (Å²) in [5.74, 6) is 1.46. The molecular weight excluding hydrogens is 290 g/mol. The molecule has 5 nitrogen and oxygen atoms in total. The van der Waals surface area contributed by atoms with Gasteiger partial charge in [-0.05, 0) is 57.0 Å². The Kier molecular flexibility index (Phi) is 3.73. The van der Waals surface area contributed by atoms with E-state index in [0.717, 1.165) is 23.2 Å². The summed E-state index contributed by atoms with van der Waals surface area (Å²) in [6.45, 7) is 5.96. The summed E-state index contributed by atoms with van der Waals surface area (Å²) in [6, 6.07) is 8.08. The molecule has 122 valence electrons. The summed E-state index contributed by atoms with van der Waals surface area (Å²) in [7, 11) is 0. The van der Waals surface area contributed by atoms with Gasteiger partial charge in [-0.25, -0.2) is 0 Å². The largest absolute Gasteiger partial charge is 0.494 e. The Bertz CT molecular complexity index is 716. The lowest BCUT2D eigenvalue weighted by atomic mass is 9.84. The van der Waals surface area contributed by atoms with Gasteiger partial charge in [0.2, 0.25) is 0 Å². The molecule has 1 unspecified atom stereocenters. The normalized spacial score (nSPS) is 26.4. The van der Waals surface area contributed by atoms with Crippen LogP contribution in [0.4, 0.5) is 0 Å². The maximum atomic E-state index is 12.6. The van der Waals surface area contributed by atoms with Crippen molar-refractivity contribution in [2.24, 2.45) is 5.92 Å². The first-order chi connectivity index (χ1) is 11.2. The van der Waals surface area contributed by atoms with Gasteiger partial charge in [-0.1, -0.05) is 0 Å². The smallest absolute Gasteiger partial charge is 0.268 e. The van der Waals surface area contributed by atoms with E-state index < -0.39 is 0 Å². The monoisotopic (exact) mass is 313 g/mol. The average molecular weight is 313 g/mol. The molecule has 2 N–H and O–H groups in total. The third kappa shape index (κ3) is 2.81. The van der Waals surface area contributed by atoms with E-state index in [1.54, 1.807) is 0 Å². The molecular formula is C18H23N3O2. The van der Waals surface area contributed by atoms with E-state index in [4.69, 9.17) is 4.74 Å². The summed E-state index contributed by atoms with van der Waals surface area (Å²) in [5, 5.41) is 4.26. The molecule has 5 heteroatoms. The first-order valence-corrected chi connectivity index (χ1v) is 8.51. The topological polar surface area (TPSA) is 57.4 Å². The minimum absolute atomic E-state index is 0.00194. The van der Waals surface area contributed by atoms with Crippen LogP contribution in [0, 0.1) is 5.92 Å². The highest BCUT2D eigenvalue weighted by atomic mass is 16.5. The van der Waals surface area contributed by atoms with Crippen molar-refractivity contribution in [3.05, 3.63) is 30.0 Å². The van der Waals surface area contributed by atoms with Crippen molar-refractivity contribution in [2.45, 2.75) is 25.8 Å². The van der Waals surface area contributed by atoms with Crippen molar-refractivity contribution in [1.29, 1.82) is 0 Å². The lowest BCUT2D eigenvalue weighted by molar-refractivity contribution is 0.0618. The first kappa shape index (κ1) is 14.6. The number of rotatable bonds is 4. The summed E-state index contributed by atoms with van der Waals surface area (Å²) in [5.41, 5.74) is 1.57. The van der Waals surface area contributed by atoms with Crippen LogP contribution in [0.15, 0.2) is 24.3 Å². The number of nitrogens with zero attached hydrogens (tertiary/aromatic N) is 1. The number of amides is 1. The molecule has 3 fully saturated rings. The van der Waals surface area contributed by atoms with Gasteiger partial charge in [0.25, 0.3) is 5.91 Å². The number of aromatic amines is 1. The Morgan fingerprint density at radius 3 is 2.87 bits per heavy atom. The molecule has 1 atom stereocenters. The van der Waals surface area contributed by atoms with Crippen molar-refractivity contribution in [1.82, 2.24) is 15.2 Å². The Hall–Kier alpha value is -2.01. The van der Waals surface area contributed by atoms with Gasteiger partial charge < -0.3 is 19.9 Å². The minimum Gasteiger partial charge on any atom is -0.494 e. The predicted molar refractivity (Wildman–Crippen MR) is 89.9 cm³/mol. The second-order valence-corrected chi connectivity index (χ2v) is 6.58. The van der Waals surface area contributed by atoms with Crippen molar-refractivity contribution >= 4 is 16.8 Å². The molecule has 0 spiro atoms. The van der Waals surface area contributed by atoms with Crippen molar-refractivity contribution < 1.29 is 9.53 Å². The molecule has 23 heavy (non-hydrogen) atoms. The third-order valence-corrected chi connectivity index (χ3v) is 5.12. The Morgan fingerprint density at radius 2 is 2.17 bits per heavy atom. The molecule has 1 aromatic heterocycles. The maximum Gasteiger partial charge on any atom is 0.268 e. The van der Waals surface area contributed by atoms with Crippen molar-refractivity contribution in [3.8, 4) is 5.75 Å². The highest BCUT2D eigenvalue weighted by Crippen LogP contribution is 2.28. The molecule has 1 amide bonds. The highest BCUT2D eigenvalue weighted by Gasteiger charge is 2.35. The zero-order valence-electron chi connectivity index (χ0n) is 13.5. The second kappa shape index (κ2) is 5.89. The number of benzene rings is 1. The van der Waals surface area contributed by atoms with E-state index in [0.29, 0.717) is 18.2 Å². The number of fused-ring (bicyclic) bond motifs is 4. The van der Waals surface area contributed by atoms with E-state index >= 15 is 0 Å². The van der Waals surface area contributed by atoms with Gasteiger partial charge in [0.1, 0.15) is 11.4 Å². The van der Waals surface area contributed by atoms with E-state index in [1.807, 2.05) is 31.2 Å². The second-order valence-electron chi connectivity index (χ2n) is 6.58. The number of H-pyrrole nitrogens is 1. The van der Waals surface area contributed by atoms with Crippen LogP contribution in [0.5, 0.6) is 5.75 Å². The van der Waals surface area contributed by atoms with Gasteiger partial charge in [0.05, 0.1) is 6.61 Å². The van der Waals surface area contributed by atoms with Gasteiger partial charge in [-0.15, -0.1) is 0 Å². The molecule has 4 heterocycles. The SMILES string of the molecule is CCOc1ccc2cc(C(=O)NC3CN4CCC3CC4)[nH]c2c1. The summed E-state index contributed by atoms with van der Waals surface area (Å²) in [4.78, 5) is 18.2. The van der Waals surface area contributed by atoms with Crippen LogP contribution in [-0.2, 0) is 0 Å². The lowest BCUT2D eigenvalue weighted by Crippen LogP contribution is -2.57. The summed E-state index contributed by atoms with van der Waals surface area (Å²) in [6.07, 6.45) is 2.41. The molecule has 3 aliphatic rings. The number of hydrogen-bond acceptors (Lipinski definition) is 3. The number of hydrogen-bond donors (Lipinski definition) is 2. The van der Waals surface area contributed by atoms with E-state index in [1.165, 1.54) is 25.9 Å². The Balaban J connectivity index is 1.50. The number of carbonyl (C=O) groups is 1. The molecule has 0 aliphatic carbocycles. The third-order valence-electron chi connectivity index (χ3n) is 5.12. The standard InChI is InChI=1S/C18H23N3O2/c1-2-23-14-4-3-13-9-16(19-15(13)10-14)18(22)20-17-11-21-7-5-12(17)6-8-21/h3-4,9-10,12,17,19H,2,5-8,11H2,1H3,(H,20,22). The molecule has 0 saturated carbocycles. The average Bonchev–Trinajstić information content (AvgIpc) is 3.00. The van der Waals surface area contributed by atoms with Crippen LogP contribution in [0.2, 0.25) is 0 Å². The van der Waals surface area contributed by atoms with Gasteiger partial charge in [0, 0.05) is 29.6 Å². The fourth-order valence-corrected chi connectivity index (χ4v) is 3.86. The lowest BCUT2D eigenvalue weighted by Gasteiger charge is -2.44. The molecule has 3 saturated heterocycles. The highest BCUT2D eigenvalue weighted by molar-refractivity contribution is 5.98. The summed E-state index contributed by atoms with van der Waals surface area (Å²) >= 11 is 0. The molecule has 5 rings (SSSR count). The van der Waals surface area contributed by atoms with Crippen LogP contribution < -0.4 is 10.1 Å². The van der Waals surface area contributed by atoms with E-state index in [9.17, 15) is 4.79 Å². The van der Waals surface area contributed by atoms with Gasteiger partial charge >= 0.3 is 0 Å². The van der Waals surface area contributed by atoms with Crippen LogP contribution in [-0.4, -0.2) is 48.1 Å². The summed E-state index contributed by atoms with van der Waals surface area (Å²) < 4.78 is 5.51.